The van der Waals surface area contributed by atoms with E-state index in [2.05, 4.69) is 12.2 Å². The highest BCUT2D eigenvalue weighted by Crippen LogP contribution is 2.34. The number of hydrogen-bond donors (Lipinski definition) is 1. The average Bonchev–Trinajstić information content (AvgIpc) is 3.15. The van der Waals surface area contributed by atoms with Gasteiger partial charge >= 0.3 is 0 Å². The lowest BCUT2D eigenvalue weighted by Gasteiger charge is -2.17. The highest BCUT2D eigenvalue weighted by Gasteiger charge is 2.24. The Morgan fingerprint density at radius 3 is 2.86 bits per heavy atom. The quantitative estimate of drug-likeness (QED) is 0.739. The van der Waals surface area contributed by atoms with Gasteiger partial charge in [-0.05, 0) is 47.9 Å². The molecular weight excluding hydrogens is 281 g/mol. The van der Waals surface area contributed by atoms with E-state index in [0.29, 0.717) is 6.04 Å². The summed E-state index contributed by atoms with van der Waals surface area (Å²) in [5.74, 6) is 0.809. The van der Waals surface area contributed by atoms with Gasteiger partial charge in [0.1, 0.15) is 5.82 Å². The van der Waals surface area contributed by atoms with Crippen molar-refractivity contribution in [1.82, 2.24) is 5.32 Å². The predicted molar refractivity (Wildman–Crippen MR) is 88.0 cm³/mol. The third kappa shape index (κ3) is 3.92. The molecule has 1 N–H and O–H groups in total. The maximum atomic E-state index is 14.0. The molecule has 0 spiro atoms. The van der Waals surface area contributed by atoms with Gasteiger partial charge in [0.25, 0.3) is 0 Å². The summed E-state index contributed by atoms with van der Waals surface area (Å²) in [5.41, 5.74) is 1.88. The first kappa shape index (κ1) is 14.7. The van der Waals surface area contributed by atoms with E-state index in [1.165, 1.54) is 19.3 Å². The van der Waals surface area contributed by atoms with Crippen LogP contribution in [0.3, 0.4) is 0 Å². The van der Waals surface area contributed by atoms with Crippen LogP contribution in [0.5, 0.6) is 0 Å². The third-order valence-electron chi connectivity index (χ3n) is 4.22. The zero-order valence-corrected chi connectivity index (χ0v) is 13.3. The first-order valence-electron chi connectivity index (χ1n) is 7.82. The molecule has 0 amide bonds. The van der Waals surface area contributed by atoms with Crippen molar-refractivity contribution in [2.75, 3.05) is 0 Å². The summed E-state index contributed by atoms with van der Waals surface area (Å²) < 4.78 is 14.0. The molecule has 21 heavy (non-hydrogen) atoms. The Bertz CT molecular complexity index is 575. The Morgan fingerprint density at radius 2 is 2.19 bits per heavy atom. The Labute approximate surface area is 130 Å². The molecule has 3 rings (SSSR count). The van der Waals surface area contributed by atoms with E-state index in [1.54, 1.807) is 17.4 Å². The van der Waals surface area contributed by atoms with Crippen LogP contribution in [-0.4, -0.2) is 6.04 Å². The van der Waals surface area contributed by atoms with Gasteiger partial charge in [0.05, 0.1) is 0 Å². The van der Waals surface area contributed by atoms with Gasteiger partial charge in [-0.1, -0.05) is 31.9 Å². The maximum Gasteiger partial charge on any atom is 0.131 e. The van der Waals surface area contributed by atoms with Crippen LogP contribution in [-0.2, 0) is 6.54 Å². The first-order valence-corrected chi connectivity index (χ1v) is 8.70. The number of nitrogens with one attached hydrogen (secondary N) is 1. The summed E-state index contributed by atoms with van der Waals surface area (Å²) in [6, 6.07) is 10.00. The van der Waals surface area contributed by atoms with Gasteiger partial charge in [-0.2, -0.15) is 0 Å². The number of benzene rings is 1. The summed E-state index contributed by atoms with van der Waals surface area (Å²) in [4.78, 5) is 0.999. The summed E-state index contributed by atoms with van der Waals surface area (Å²) in [7, 11) is 0. The third-order valence-corrected chi connectivity index (χ3v) is 5.12. The van der Waals surface area contributed by atoms with Crippen molar-refractivity contribution in [3.63, 3.8) is 0 Å². The van der Waals surface area contributed by atoms with Gasteiger partial charge in [0.15, 0.2) is 0 Å². The van der Waals surface area contributed by atoms with Crippen molar-refractivity contribution in [1.29, 1.82) is 0 Å². The fraction of sp³-hybridized carbons (Fsp3) is 0.444. The van der Waals surface area contributed by atoms with E-state index in [9.17, 15) is 4.39 Å². The Balaban J connectivity index is 1.66. The normalized spacial score (nSPS) is 16.1. The lowest BCUT2D eigenvalue weighted by molar-refractivity contribution is 0.445. The highest BCUT2D eigenvalue weighted by atomic mass is 32.1. The minimum atomic E-state index is -0.133. The molecule has 2 aromatic rings. The van der Waals surface area contributed by atoms with Crippen LogP contribution in [0.1, 0.15) is 38.2 Å². The second kappa shape index (κ2) is 6.71. The molecule has 1 unspecified atom stereocenters. The molecule has 1 fully saturated rings. The molecule has 112 valence electrons. The van der Waals surface area contributed by atoms with Gasteiger partial charge in [-0.25, -0.2) is 4.39 Å². The second-order valence-corrected chi connectivity index (χ2v) is 6.90. The van der Waals surface area contributed by atoms with Gasteiger partial charge in [-0.3, -0.25) is 0 Å². The molecule has 3 heteroatoms. The zero-order chi connectivity index (χ0) is 14.7. The van der Waals surface area contributed by atoms with E-state index >= 15 is 0 Å². The van der Waals surface area contributed by atoms with Gasteiger partial charge in [0, 0.05) is 23.0 Å². The second-order valence-electron chi connectivity index (χ2n) is 5.96. The maximum absolute atomic E-state index is 14.0. The summed E-state index contributed by atoms with van der Waals surface area (Å²) >= 11 is 1.58. The monoisotopic (exact) mass is 303 g/mol. The Morgan fingerprint density at radius 1 is 1.33 bits per heavy atom. The van der Waals surface area contributed by atoms with Crippen molar-refractivity contribution >= 4 is 11.3 Å². The molecule has 1 saturated carbocycles. The minimum Gasteiger partial charge on any atom is -0.310 e. The molecule has 0 radical (unpaired) electrons. The summed E-state index contributed by atoms with van der Waals surface area (Å²) in [5, 5.41) is 5.62. The molecule has 1 aromatic heterocycles. The van der Waals surface area contributed by atoms with Crippen molar-refractivity contribution in [3.05, 3.63) is 47.1 Å². The summed E-state index contributed by atoms with van der Waals surface area (Å²) in [6.45, 7) is 3.06. The SMILES string of the molecule is CCC(CC1CC1)NCc1ccc(F)c(-c2cccs2)c1. The van der Waals surface area contributed by atoms with Crippen molar-refractivity contribution in [3.8, 4) is 10.4 Å². The predicted octanol–water partition coefficient (Wildman–Crippen LogP) is 5.22. The van der Waals surface area contributed by atoms with Crippen LogP contribution < -0.4 is 5.32 Å². The largest absolute Gasteiger partial charge is 0.310 e. The Hall–Kier alpha value is -1.19. The smallest absolute Gasteiger partial charge is 0.131 e. The fourth-order valence-electron chi connectivity index (χ4n) is 2.72. The lowest BCUT2D eigenvalue weighted by Crippen LogP contribution is -2.28. The van der Waals surface area contributed by atoms with Crippen LogP contribution in [0.25, 0.3) is 10.4 Å². The molecule has 0 bridgehead atoms. The molecule has 1 aliphatic carbocycles. The van der Waals surface area contributed by atoms with Crippen LogP contribution in [0.4, 0.5) is 4.39 Å². The van der Waals surface area contributed by atoms with Crippen molar-refractivity contribution < 1.29 is 4.39 Å². The van der Waals surface area contributed by atoms with E-state index in [-0.39, 0.29) is 5.82 Å². The molecule has 0 aliphatic heterocycles. The average molecular weight is 303 g/mol. The number of hydrogen-bond acceptors (Lipinski definition) is 2. The van der Waals surface area contributed by atoms with Gasteiger partial charge < -0.3 is 5.32 Å². The van der Waals surface area contributed by atoms with E-state index in [1.807, 2.05) is 29.6 Å². The molecule has 1 nitrogen and oxygen atoms in total. The Kier molecular flexibility index (Phi) is 4.71. The van der Waals surface area contributed by atoms with Crippen LogP contribution in [0.2, 0.25) is 0 Å². The molecule has 1 aromatic carbocycles. The first-order chi connectivity index (χ1) is 10.3. The van der Waals surface area contributed by atoms with Gasteiger partial charge in [-0.15, -0.1) is 11.3 Å². The van der Waals surface area contributed by atoms with Crippen molar-refractivity contribution in [2.24, 2.45) is 5.92 Å². The molecule has 0 saturated heterocycles. The van der Waals surface area contributed by atoms with Crippen LogP contribution in [0, 0.1) is 11.7 Å². The topological polar surface area (TPSA) is 12.0 Å². The standard InChI is InChI=1S/C18H22FNS/c1-2-15(10-13-5-6-13)20-12-14-7-8-17(19)16(11-14)18-4-3-9-21-18/h3-4,7-9,11,13,15,20H,2,5-6,10,12H2,1H3. The minimum absolute atomic E-state index is 0.133. The molecular formula is C18H22FNS. The highest BCUT2D eigenvalue weighted by molar-refractivity contribution is 7.13. The van der Waals surface area contributed by atoms with E-state index in [0.717, 1.165) is 34.9 Å². The van der Waals surface area contributed by atoms with Crippen LogP contribution >= 0.6 is 11.3 Å². The van der Waals surface area contributed by atoms with Gasteiger partial charge in [0.2, 0.25) is 0 Å². The molecule has 1 aliphatic rings. The van der Waals surface area contributed by atoms with E-state index < -0.39 is 0 Å². The number of rotatable bonds is 7. The van der Waals surface area contributed by atoms with E-state index in [4.69, 9.17) is 0 Å². The zero-order valence-electron chi connectivity index (χ0n) is 12.4. The number of halogens is 1. The molecule has 1 atom stereocenters. The van der Waals surface area contributed by atoms with Crippen molar-refractivity contribution in [2.45, 2.75) is 45.2 Å². The summed E-state index contributed by atoms with van der Waals surface area (Å²) in [6.07, 6.45) is 5.25. The lowest BCUT2D eigenvalue weighted by atomic mass is 10.1. The fourth-order valence-corrected chi connectivity index (χ4v) is 3.46. The molecule has 1 heterocycles. The van der Waals surface area contributed by atoms with Crippen LogP contribution in [0.15, 0.2) is 35.7 Å². The number of thiophene rings is 1.